The molecule has 1 heterocycles. The number of hydrogen-bond acceptors (Lipinski definition) is 3. The normalized spacial score (nSPS) is 10.6. The largest absolute Gasteiger partial charge is 0.459 e. The molecule has 0 unspecified atom stereocenters. The van der Waals surface area contributed by atoms with Gasteiger partial charge in [-0.15, -0.1) is 0 Å². The Morgan fingerprint density at radius 2 is 1.96 bits per heavy atom. The second kappa shape index (κ2) is 7.21. The van der Waals surface area contributed by atoms with Crippen LogP contribution in [0.5, 0.6) is 0 Å². The van der Waals surface area contributed by atoms with Crippen LogP contribution in [-0.2, 0) is 6.61 Å². The van der Waals surface area contributed by atoms with Crippen molar-refractivity contribution in [2.24, 2.45) is 0 Å². The number of halogens is 2. The molecule has 1 amide bonds. The molecule has 0 fully saturated rings. The van der Waals surface area contributed by atoms with Crippen LogP contribution in [0.15, 0.2) is 63.5 Å². The molecular weight excluding hydrogens is 394 g/mol. The zero-order valence-electron chi connectivity index (χ0n) is 12.4. The lowest BCUT2D eigenvalue weighted by atomic mass is 10.1. The number of benzene rings is 2. The smallest absolute Gasteiger partial charge is 0.256 e. The van der Waals surface area contributed by atoms with Gasteiger partial charge in [-0.2, -0.15) is 0 Å². The van der Waals surface area contributed by atoms with Gasteiger partial charge in [0.25, 0.3) is 5.91 Å². The van der Waals surface area contributed by atoms with Crippen LogP contribution in [0.25, 0.3) is 11.3 Å². The van der Waals surface area contributed by atoms with E-state index in [4.69, 9.17) is 21.1 Å². The molecule has 0 bridgehead atoms. The van der Waals surface area contributed by atoms with Crippen molar-refractivity contribution in [3.63, 3.8) is 0 Å². The Labute approximate surface area is 152 Å². The highest BCUT2D eigenvalue weighted by Crippen LogP contribution is 2.32. The first kappa shape index (κ1) is 16.8. The van der Waals surface area contributed by atoms with Crippen molar-refractivity contribution in [3.8, 4) is 11.3 Å². The van der Waals surface area contributed by atoms with Crippen LogP contribution in [-0.4, -0.2) is 11.0 Å². The third-order valence-electron chi connectivity index (χ3n) is 3.43. The minimum atomic E-state index is -0.230. The lowest BCUT2D eigenvalue weighted by Crippen LogP contribution is -2.12. The van der Waals surface area contributed by atoms with Crippen molar-refractivity contribution in [2.75, 3.05) is 5.32 Å². The van der Waals surface area contributed by atoms with Crippen molar-refractivity contribution in [3.05, 3.63) is 75.4 Å². The quantitative estimate of drug-likeness (QED) is 0.633. The number of aliphatic hydroxyl groups excluding tert-OH is 1. The molecule has 24 heavy (non-hydrogen) atoms. The number of carbonyl (C=O) groups excluding carboxylic acids is 1. The maximum absolute atomic E-state index is 12.4. The molecule has 0 radical (unpaired) electrons. The van der Waals surface area contributed by atoms with Gasteiger partial charge in [-0.1, -0.05) is 23.7 Å². The molecule has 0 spiro atoms. The third-order valence-corrected chi connectivity index (χ3v) is 4.45. The molecule has 3 rings (SSSR count). The molecule has 2 aromatic carbocycles. The number of furan rings is 1. The van der Waals surface area contributed by atoms with Crippen LogP contribution in [0, 0.1) is 0 Å². The van der Waals surface area contributed by atoms with Crippen molar-refractivity contribution in [2.45, 2.75) is 6.61 Å². The van der Waals surface area contributed by atoms with Gasteiger partial charge in [0.15, 0.2) is 0 Å². The predicted molar refractivity (Wildman–Crippen MR) is 97.2 cm³/mol. The Kier molecular flexibility index (Phi) is 5.04. The average molecular weight is 407 g/mol. The Bertz CT molecular complexity index is 891. The molecular formula is C18H13BrClNO3. The van der Waals surface area contributed by atoms with Gasteiger partial charge >= 0.3 is 0 Å². The number of hydrogen-bond donors (Lipinski definition) is 2. The van der Waals surface area contributed by atoms with Crippen molar-refractivity contribution < 1.29 is 14.3 Å². The highest BCUT2D eigenvalue weighted by Gasteiger charge is 2.13. The standard InChI is InChI=1S/C18H13BrClNO3/c19-15-4-2-1-3-13(15)18(23)21-11-5-7-16(20)14(9-11)17-8-6-12(10-22)24-17/h1-9,22H,10H2,(H,21,23). The fourth-order valence-electron chi connectivity index (χ4n) is 2.24. The van der Waals surface area contributed by atoms with Gasteiger partial charge in [0, 0.05) is 15.7 Å². The number of amides is 1. The fourth-order valence-corrected chi connectivity index (χ4v) is 2.92. The second-order valence-corrected chi connectivity index (χ2v) is 6.31. The van der Waals surface area contributed by atoms with Crippen LogP contribution in [0.2, 0.25) is 5.02 Å². The molecule has 2 N–H and O–H groups in total. The summed E-state index contributed by atoms with van der Waals surface area (Å²) < 4.78 is 6.23. The van der Waals surface area contributed by atoms with E-state index in [9.17, 15) is 4.79 Å². The summed E-state index contributed by atoms with van der Waals surface area (Å²) in [6.07, 6.45) is 0. The molecule has 0 saturated heterocycles. The fraction of sp³-hybridized carbons (Fsp3) is 0.0556. The maximum atomic E-state index is 12.4. The molecule has 6 heteroatoms. The average Bonchev–Trinajstić information content (AvgIpc) is 3.06. The molecule has 0 atom stereocenters. The van der Waals surface area contributed by atoms with Crippen molar-refractivity contribution >= 4 is 39.1 Å². The van der Waals surface area contributed by atoms with E-state index in [0.717, 1.165) is 4.47 Å². The summed E-state index contributed by atoms with van der Waals surface area (Å²) in [5.74, 6) is 0.746. The second-order valence-electron chi connectivity index (χ2n) is 5.05. The number of anilines is 1. The highest BCUT2D eigenvalue weighted by atomic mass is 79.9. The summed E-state index contributed by atoms with van der Waals surface area (Å²) in [6, 6.07) is 15.7. The summed E-state index contributed by atoms with van der Waals surface area (Å²) in [7, 11) is 0. The SMILES string of the molecule is O=C(Nc1ccc(Cl)c(-c2ccc(CO)o2)c1)c1ccccc1Br. The van der Waals surface area contributed by atoms with E-state index in [1.165, 1.54) is 0 Å². The van der Waals surface area contributed by atoms with Gasteiger partial charge in [0.05, 0.1) is 10.6 Å². The third kappa shape index (κ3) is 3.53. The van der Waals surface area contributed by atoms with Crippen LogP contribution in [0.4, 0.5) is 5.69 Å². The lowest BCUT2D eigenvalue weighted by Gasteiger charge is -2.09. The Morgan fingerprint density at radius 1 is 1.17 bits per heavy atom. The minimum absolute atomic E-state index is 0.184. The van der Waals surface area contributed by atoms with E-state index in [0.29, 0.717) is 33.4 Å². The Balaban J connectivity index is 1.88. The maximum Gasteiger partial charge on any atom is 0.256 e. The summed E-state index contributed by atoms with van der Waals surface area (Å²) in [5, 5.41) is 12.4. The number of aliphatic hydroxyl groups is 1. The minimum Gasteiger partial charge on any atom is -0.459 e. The molecule has 1 aromatic heterocycles. The first-order chi connectivity index (χ1) is 11.6. The zero-order chi connectivity index (χ0) is 17.1. The molecule has 0 aliphatic heterocycles. The van der Waals surface area contributed by atoms with E-state index in [1.54, 1.807) is 42.5 Å². The van der Waals surface area contributed by atoms with E-state index >= 15 is 0 Å². The Hall–Kier alpha value is -2.08. The molecule has 3 aromatic rings. The molecule has 122 valence electrons. The monoisotopic (exact) mass is 405 g/mol. The molecule has 0 aliphatic rings. The summed E-state index contributed by atoms with van der Waals surface area (Å²) in [6.45, 7) is -0.184. The van der Waals surface area contributed by atoms with Crippen LogP contribution < -0.4 is 5.32 Å². The van der Waals surface area contributed by atoms with Gasteiger partial charge in [0.1, 0.15) is 18.1 Å². The van der Waals surface area contributed by atoms with Gasteiger partial charge in [-0.25, -0.2) is 0 Å². The first-order valence-electron chi connectivity index (χ1n) is 7.14. The van der Waals surface area contributed by atoms with Gasteiger partial charge < -0.3 is 14.8 Å². The summed E-state index contributed by atoms with van der Waals surface area (Å²) >= 11 is 9.58. The molecule has 0 aliphatic carbocycles. The van der Waals surface area contributed by atoms with Crippen molar-refractivity contribution in [1.82, 2.24) is 0 Å². The van der Waals surface area contributed by atoms with Crippen molar-refractivity contribution in [1.29, 1.82) is 0 Å². The lowest BCUT2D eigenvalue weighted by molar-refractivity contribution is 0.102. The summed E-state index contributed by atoms with van der Waals surface area (Å²) in [4.78, 5) is 12.4. The van der Waals surface area contributed by atoms with E-state index in [1.807, 2.05) is 12.1 Å². The number of rotatable bonds is 4. The van der Waals surface area contributed by atoms with E-state index < -0.39 is 0 Å². The highest BCUT2D eigenvalue weighted by molar-refractivity contribution is 9.10. The van der Waals surface area contributed by atoms with Crippen LogP contribution >= 0.6 is 27.5 Å². The number of nitrogens with one attached hydrogen (secondary N) is 1. The predicted octanol–water partition coefficient (Wildman–Crippen LogP) is 5.11. The van der Waals surface area contributed by atoms with Gasteiger partial charge in [-0.3, -0.25) is 4.79 Å². The van der Waals surface area contributed by atoms with Gasteiger partial charge in [-0.05, 0) is 58.4 Å². The zero-order valence-corrected chi connectivity index (χ0v) is 14.8. The van der Waals surface area contributed by atoms with Crippen LogP contribution in [0.1, 0.15) is 16.1 Å². The van der Waals surface area contributed by atoms with E-state index in [-0.39, 0.29) is 12.5 Å². The molecule has 0 saturated carbocycles. The van der Waals surface area contributed by atoms with Gasteiger partial charge in [0.2, 0.25) is 0 Å². The van der Waals surface area contributed by atoms with E-state index in [2.05, 4.69) is 21.2 Å². The molecule has 4 nitrogen and oxygen atoms in total. The van der Waals surface area contributed by atoms with Crippen LogP contribution in [0.3, 0.4) is 0 Å². The Morgan fingerprint density at radius 3 is 2.67 bits per heavy atom. The topological polar surface area (TPSA) is 62.5 Å². The summed E-state index contributed by atoms with van der Waals surface area (Å²) in [5.41, 5.74) is 1.77. The number of carbonyl (C=O) groups is 1. The first-order valence-corrected chi connectivity index (χ1v) is 8.31.